The van der Waals surface area contributed by atoms with Crippen LogP contribution in [0.2, 0.25) is 0 Å². The summed E-state index contributed by atoms with van der Waals surface area (Å²) in [5, 5.41) is 5.14. The largest absolute Gasteiger partial charge is 0.484 e. The zero-order chi connectivity index (χ0) is 16.6. The van der Waals surface area contributed by atoms with Crippen LogP contribution in [0.15, 0.2) is 77.7 Å². The molecule has 3 aromatic rings. The van der Waals surface area contributed by atoms with Gasteiger partial charge in [0.15, 0.2) is 6.61 Å². The normalized spacial score (nSPS) is 10.5. The smallest absolute Gasteiger partial charge is 0.257 e. The van der Waals surface area contributed by atoms with Crippen molar-refractivity contribution in [1.29, 1.82) is 0 Å². The van der Waals surface area contributed by atoms with Crippen molar-refractivity contribution in [2.24, 2.45) is 0 Å². The summed E-state index contributed by atoms with van der Waals surface area (Å²) in [6, 6.07) is 24.1. The first-order valence-electron chi connectivity index (χ1n) is 7.87. The SMILES string of the molecule is O=C(COc1ccc2ccccc2c1)NCCSc1ccccc1. The quantitative estimate of drug-likeness (QED) is 0.520. The summed E-state index contributed by atoms with van der Waals surface area (Å²) in [4.78, 5) is 13.1. The minimum absolute atomic E-state index is 0.0361. The second-order valence-electron chi connectivity index (χ2n) is 5.31. The topological polar surface area (TPSA) is 38.3 Å². The molecule has 1 N–H and O–H groups in total. The molecule has 0 heterocycles. The maximum absolute atomic E-state index is 11.8. The van der Waals surface area contributed by atoms with E-state index in [1.165, 1.54) is 4.90 Å². The average molecular weight is 337 g/mol. The van der Waals surface area contributed by atoms with E-state index in [0.717, 1.165) is 16.5 Å². The van der Waals surface area contributed by atoms with Crippen LogP contribution in [0.5, 0.6) is 5.75 Å². The van der Waals surface area contributed by atoms with Crippen LogP contribution in [0.4, 0.5) is 0 Å². The molecule has 0 fully saturated rings. The number of thioether (sulfide) groups is 1. The van der Waals surface area contributed by atoms with Gasteiger partial charge in [-0.05, 0) is 35.0 Å². The van der Waals surface area contributed by atoms with E-state index < -0.39 is 0 Å². The van der Waals surface area contributed by atoms with Crippen molar-refractivity contribution in [3.05, 3.63) is 72.8 Å². The summed E-state index contributed by atoms with van der Waals surface area (Å²) < 4.78 is 5.57. The number of benzene rings is 3. The summed E-state index contributed by atoms with van der Waals surface area (Å²) in [6.45, 7) is 0.661. The fourth-order valence-corrected chi connectivity index (χ4v) is 3.12. The molecule has 0 aliphatic rings. The number of ether oxygens (including phenoxy) is 1. The summed E-state index contributed by atoms with van der Waals surface area (Å²) in [5.74, 6) is 1.45. The average Bonchev–Trinajstić information content (AvgIpc) is 2.64. The van der Waals surface area contributed by atoms with Gasteiger partial charge in [-0.25, -0.2) is 0 Å². The van der Waals surface area contributed by atoms with Crippen molar-refractivity contribution in [2.75, 3.05) is 18.9 Å². The van der Waals surface area contributed by atoms with Crippen molar-refractivity contribution in [2.45, 2.75) is 4.90 Å². The van der Waals surface area contributed by atoms with E-state index in [1.807, 2.05) is 54.6 Å². The number of fused-ring (bicyclic) bond motifs is 1. The molecule has 4 heteroatoms. The molecule has 0 aromatic heterocycles. The van der Waals surface area contributed by atoms with Crippen LogP contribution in [-0.4, -0.2) is 24.8 Å². The van der Waals surface area contributed by atoms with Crippen LogP contribution in [-0.2, 0) is 4.79 Å². The lowest BCUT2D eigenvalue weighted by molar-refractivity contribution is -0.122. The molecular formula is C20H19NO2S. The highest BCUT2D eigenvalue weighted by molar-refractivity contribution is 7.99. The van der Waals surface area contributed by atoms with Crippen molar-refractivity contribution in [3.8, 4) is 5.75 Å². The summed E-state index contributed by atoms with van der Waals surface area (Å²) in [6.07, 6.45) is 0. The Labute approximate surface area is 146 Å². The molecule has 0 atom stereocenters. The molecule has 0 spiro atoms. The van der Waals surface area contributed by atoms with Gasteiger partial charge >= 0.3 is 0 Å². The Morgan fingerprint density at radius 3 is 2.50 bits per heavy atom. The highest BCUT2D eigenvalue weighted by atomic mass is 32.2. The van der Waals surface area contributed by atoms with Gasteiger partial charge in [0.2, 0.25) is 0 Å². The van der Waals surface area contributed by atoms with Crippen molar-refractivity contribution in [1.82, 2.24) is 5.32 Å². The molecule has 3 nitrogen and oxygen atoms in total. The Hall–Kier alpha value is -2.46. The molecule has 3 aromatic carbocycles. The fourth-order valence-electron chi connectivity index (χ4n) is 2.33. The zero-order valence-corrected chi connectivity index (χ0v) is 14.1. The molecule has 3 rings (SSSR count). The van der Waals surface area contributed by atoms with Gasteiger partial charge in [-0.2, -0.15) is 0 Å². The molecule has 122 valence electrons. The van der Waals surface area contributed by atoms with Gasteiger partial charge in [-0.1, -0.05) is 48.5 Å². The predicted molar refractivity (Wildman–Crippen MR) is 99.6 cm³/mol. The summed E-state index contributed by atoms with van der Waals surface area (Å²) in [5.41, 5.74) is 0. The Morgan fingerprint density at radius 1 is 0.917 bits per heavy atom. The Balaban J connectivity index is 1.40. The first-order chi connectivity index (χ1) is 11.8. The van der Waals surface area contributed by atoms with E-state index in [-0.39, 0.29) is 12.5 Å². The number of hydrogen-bond acceptors (Lipinski definition) is 3. The van der Waals surface area contributed by atoms with Gasteiger partial charge in [-0.15, -0.1) is 11.8 Å². The van der Waals surface area contributed by atoms with E-state index in [2.05, 4.69) is 23.5 Å². The summed E-state index contributed by atoms with van der Waals surface area (Å²) in [7, 11) is 0. The first kappa shape index (κ1) is 16.4. The maximum Gasteiger partial charge on any atom is 0.257 e. The van der Waals surface area contributed by atoms with E-state index >= 15 is 0 Å². The van der Waals surface area contributed by atoms with Crippen LogP contribution >= 0.6 is 11.8 Å². The minimum atomic E-state index is -0.100. The Morgan fingerprint density at radius 2 is 1.67 bits per heavy atom. The molecule has 1 amide bonds. The molecule has 0 saturated carbocycles. The molecule has 0 aliphatic heterocycles. The number of nitrogens with one attached hydrogen (secondary N) is 1. The fraction of sp³-hybridized carbons (Fsp3) is 0.150. The van der Waals surface area contributed by atoms with E-state index in [4.69, 9.17) is 4.74 Å². The van der Waals surface area contributed by atoms with Gasteiger partial charge in [0.1, 0.15) is 5.75 Å². The Kier molecular flexibility index (Phi) is 5.75. The monoisotopic (exact) mass is 337 g/mol. The van der Waals surface area contributed by atoms with Crippen LogP contribution in [0.25, 0.3) is 10.8 Å². The lowest BCUT2D eigenvalue weighted by Crippen LogP contribution is -2.30. The molecule has 0 aliphatic carbocycles. The second-order valence-corrected chi connectivity index (χ2v) is 6.48. The molecular weight excluding hydrogens is 318 g/mol. The van der Waals surface area contributed by atoms with Crippen LogP contribution < -0.4 is 10.1 Å². The minimum Gasteiger partial charge on any atom is -0.484 e. The van der Waals surface area contributed by atoms with Crippen molar-refractivity contribution >= 4 is 28.4 Å². The second kappa shape index (κ2) is 8.41. The summed E-state index contributed by atoms with van der Waals surface area (Å²) >= 11 is 1.72. The number of hydrogen-bond donors (Lipinski definition) is 1. The van der Waals surface area contributed by atoms with Crippen LogP contribution in [0.1, 0.15) is 0 Å². The number of carbonyl (C=O) groups excluding carboxylic acids is 1. The van der Waals surface area contributed by atoms with Gasteiger partial charge in [0, 0.05) is 17.2 Å². The molecule has 0 radical (unpaired) electrons. The third kappa shape index (κ3) is 4.77. The Bertz CT molecular complexity index is 805. The number of amides is 1. The van der Waals surface area contributed by atoms with Crippen molar-refractivity contribution in [3.63, 3.8) is 0 Å². The van der Waals surface area contributed by atoms with Crippen molar-refractivity contribution < 1.29 is 9.53 Å². The van der Waals surface area contributed by atoms with Crippen LogP contribution in [0, 0.1) is 0 Å². The molecule has 0 bridgehead atoms. The first-order valence-corrected chi connectivity index (χ1v) is 8.86. The van der Waals surface area contributed by atoms with E-state index in [0.29, 0.717) is 12.3 Å². The number of carbonyl (C=O) groups is 1. The third-order valence-corrected chi connectivity index (χ3v) is 4.54. The zero-order valence-electron chi connectivity index (χ0n) is 13.3. The van der Waals surface area contributed by atoms with E-state index in [1.54, 1.807) is 11.8 Å². The number of rotatable bonds is 7. The van der Waals surface area contributed by atoms with Gasteiger partial charge < -0.3 is 10.1 Å². The van der Waals surface area contributed by atoms with Gasteiger partial charge in [-0.3, -0.25) is 4.79 Å². The molecule has 24 heavy (non-hydrogen) atoms. The third-order valence-electron chi connectivity index (χ3n) is 3.53. The highest BCUT2D eigenvalue weighted by Crippen LogP contribution is 2.20. The highest BCUT2D eigenvalue weighted by Gasteiger charge is 2.03. The van der Waals surface area contributed by atoms with Gasteiger partial charge in [0.05, 0.1) is 0 Å². The molecule has 0 unspecified atom stereocenters. The predicted octanol–water partition coefficient (Wildman–Crippen LogP) is 4.13. The lowest BCUT2D eigenvalue weighted by atomic mass is 10.1. The van der Waals surface area contributed by atoms with E-state index in [9.17, 15) is 4.79 Å². The lowest BCUT2D eigenvalue weighted by Gasteiger charge is -2.08. The standard InChI is InChI=1S/C20H19NO2S/c22-20(21-12-13-24-19-8-2-1-3-9-19)15-23-18-11-10-16-6-4-5-7-17(16)14-18/h1-11,14H,12-13,15H2,(H,21,22). The maximum atomic E-state index is 11.8. The van der Waals surface area contributed by atoms with Gasteiger partial charge in [0.25, 0.3) is 5.91 Å². The molecule has 0 saturated heterocycles. The van der Waals surface area contributed by atoms with Crippen LogP contribution in [0.3, 0.4) is 0 Å².